The number of aryl methyl sites for hydroxylation is 1. The average molecular weight is 446 g/mol. The highest BCUT2D eigenvalue weighted by molar-refractivity contribution is 6.31. The van der Waals surface area contributed by atoms with E-state index in [-0.39, 0.29) is 11.5 Å². The van der Waals surface area contributed by atoms with Crippen molar-refractivity contribution in [3.63, 3.8) is 0 Å². The number of aromatic nitrogens is 1. The van der Waals surface area contributed by atoms with Gasteiger partial charge in [0.15, 0.2) is 0 Å². The number of carbonyl (C=O) groups is 1. The number of fused-ring (bicyclic) bond motifs is 1. The molecule has 168 valence electrons. The third-order valence-corrected chi connectivity index (χ3v) is 6.77. The SMILES string of the molecule is CN1CCN(CCCn2cc(C(=O)N3CCN(C)CC3)c3ccc(Cl)cc3c2=O)CC1. The summed E-state index contributed by atoms with van der Waals surface area (Å²) in [7, 11) is 4.22. The summed E-state index contributed by atoms with van der Waals surface area (Å²) in [6.07, 6.45) is 2.64. The van der Waals surface area contributed by atoms with Crippen LogP contribution in [0.15, 0.2) is 29.2 Å². The van der Waals surface area contributed by atoms with Crippen LogP contribution in [-0.2, 0) is 6.54 Å². The molecule has 2 aliphatic heterocycles. The van der Waals surface area contributed by atoms with Crippen LogP contribution in [0.25, 0.3) is 10.8 Å². The Balaban J connectivity index is 1.57. The zero-order valence-corrected chi connectivity index (χ0v) is 19.3. The van der Waals surface area contributed by atoms with Crippen molar-refractivity contribution in [1.29, 1.82) is 0 Å². The van der Waals surface area contributed by atoms with Gasteiger partial charge in [-0.25, -0.2) is 0 Å². The van der Waals surface area contributed by atoms with Crippen molar-refractivity contribution in [3.05, 3.63) is 45.3 Å². The van der Waals surface area contributed by atoms with E-state index in [0.29, 0.717) is 41.0 Å². The summed E-state index contributed by atoms with van der Waals surface area (Å²) in [5.74, 6) is -0.00626. The number of hydrogen-bond donors (Lipinski definition) is 0. The molecule has 1 aromatic heterocycles. The largest absolute Gasteiger partial charge is 0.336 e. The van der Waals surface area contributed by atoms with E-state index < -0.39 is 0 Å². The van der Waals surface area contributed by atoms with Gasteiger partial charge in [0, 0.05) is 80.9 Å². The Morgan fingerprint density at radius 3 is 2.23 bits per heavy atom. The van der Waals surface area contributed by atoms with Crippen LogP contribution in [-0.4, -0.2) is 103 Å². The van der Waals surface area contributed by atoms with Crippen molar-refractivity contribution >= 4 is 28.3 Å². The number of hydrogen-bond acceptors (Lipinski definition) is 5. The molecule has 2 aromatic rings. The molecule has 8 heteroatoms. The number of amides is 1. The maximum Gasteiger partial charge on any atom is 0.258 e. The fourth-order valence-corrected chi connectivity index (χ4v) is 4.59. The summed E-state index contributed by atoms with van der Waals surface area (Å²) in [5, 5.41) is 1.72. The summed E-state index contributed by atoms with van der Waals surface area (Å²) in [6, 6.07) is 5.25. The van der Waals surface area contributed by atoms with Crippen LogP contribution in [0.1, 0.15) is 16.8 Å². The topological polar surface area (TPSA) is 52.0 Å². The number of halogens is 1. The number of pyridine rings is 1. The summed E-state index contributed by atoms with van der Waals surface area (Å²) < 4.78 is 1.71. The molecule has 0 unspecified atom stereocenters. The Bertz CT molecular complexity index is 991. The lowest BCUT2D eigenvalue weighted by molar-refractivity contribution is 0.0665. The molecule has 31 heavy (non-hydrogen) atoms. The third-order valence-electron chi connectivity index (χ3n) is 6.54. The Hall–Kier alpha value is -1.93. The van der Waals surface area contributed by atoms with Crippen LogP contribution in [0.3, 0.4) is 0 Å². The Morgan fingerprint density at radius 1 is 0.903 bits per heavy atom. The predicted octanol–water partition coefficient (Wildman–Crippen LogP) is 1.68. The zero-order valence-electron chi connectivity index (χ0n) is 18.5. The Labute approximate surface area is 188 Å². The molecular formula is C23H32ClN5O2. The minimum atomic E-state index is -0.0780. The molecule has 0 saturated carbocycles. The van der Waals surface area contributed by atoms with Crippen LogP contribution in [0, 0.1) is 0 Å². The van der Waals surface area contributed by atoms with Crippen LogP contribution in [0.5, 0.6) is 0 Å². The second kappa shape index (κ2) is 9.69. The highest BCUT2D eigenvalue weighted by Gasteiger charge is 2.23. The quantitative estimate of drug-likeness (QED) is 0.701. The van der Waals surface area contributed by atoms with Crippen LogP contribution in [0.2, 0.25) is 5.02 Å². The number of nitrogens with zero attached hydrogens (tertiary/aromatic N) is 5. The van der Waals surface area contributed by atoms with Crippen molar-refractivity contribution in [2.45, 2.75) is 13.0 Å². The van der Waals surface area contributed by atoms with Crippen molar-refractivity contribution in [1.82, 2.24) is 24.2 Å². The molecule has 2 fully saturated rings. The van der Waals surface area contributed by atoms with Crippen molar-refractivity contribution < 1.29 is 4.79 Å². The number of likely N-dealkylation sites (N-methyl/N-ethyl adjacent to an activating group) is 2. The highest BCUT2D eigenvalue weighted by atomic mass is 35.5. The molecule has 2 saturated heterocycles. The van der Waals surface area contributed by atoms with Crippen molar-refractivity contribution in [2.75, 3.05) is 73.0 Å². The molecule has 0 bridgehead atoms. The van der Waals surface area contributed by atoms with Gasteiger partial charge < -0.3 is 24.2 Å². The van der Waals surface area contributed by atoms with Gasteiger partial charge >= 0.3 is 0 Å². The number of benzene rings is 1. The molecule has 0 spiro atoms. The lowest BCUT2D eigenvalue weighted by Crippen LogP contribution is -2.47. The van der Waals surface area contributed by atoms with Gasteiger partial charge in [0.2, 0.25) is 0 Å². The van der Waals surface area contributed by atoms with Gasteiger partial charge in [-0.1, -0.05) is 17.7 Å². The Kier molecular flexibility index (Phi) is 6.96. The minimum absolute atomic E-state index is 0.00626. The number of carbonyl (C=O) groups excluding carboxylic acids is 1. The molecule has 0 N–H and O–H groups in total. The first-order valence-corrected chi connectivity index (χ1v) is 11.5. The molecule has 3 heterocycles. The zero-order chi connectivity index (χ0) is 22.0. The molecule has 0 atom stereocenters. The molecular weight excluding hydrogens is 414 g/mol. The van der Waals surface area contributed by atoms with Gasteiger partial charge in [0.1, 0.15) is 0 Å². The van der Waals surface area contributed by atoms with E-state index >= 15 is 0 Å². The fourth-order valence-electron chi connectivity index (χ4n) is 4.42. The van der Waals surface area contributed by atoms with E-state index in [1.165, 1.54) is 0 Å². The molecule has 1 aromatic carbocycles. The normalized spacial score (nSPS) is 19.3. The summed E-state index contributed by atoms with van der Waals surface area (Å²) in [4.78, 5) is 35.4. The van der Waals surface area contributed by atoms with Gasteiger partial charge in [0.05, 0.1) is 5.56 Å². The first kappa shape index (κ1) is 22.3. The van der Waals surface area contributed by atoms with E-state index in [9.17, 15) is 9.59 Å². The molecule has 4 rings (SSSR count). The maximum absolute atomic E-state index is 13.4. The number of piperazine rings is 2. The molecule has 2 aliphatic rings. The van der Waals surface area contributed by atoms with E-state index in [4.69, 9.17) is 11.6 Å². The van der Waals surface area contributed by atoms with E-state index in [0.717, 1.165) is 52.2 Å². The minimum Gasteiger partial charge on any atom is -0.336 e. The molecule has 7 nitrogen and oxygen atoms in total. The van der Waals surface area contributed by atoms with E-state index in [2.05, 4.69) is 28.8 Å². The average Bonchev–Trinajstić information content (AvgIpc) is 2.77. The lowest BCUT2D eigenvalue weighted by atomic mass is 10.1. The van der Waals surface area contributed by atoms with Crippen LogP contribution < -0.4 is 5.56 Å². The molecule has 0 aliphatic carbocycles. The van der Waals surface area contributed by atoms with Crippen LogP contribution >= 0.6 is 11.6 Å². The first-order chi connectivity index (χ1) is 14.9. The highest BCUT2D eigenvalue weighted by Crippen LogP contribution is 2.22. The second-order valence-electron chi connectivity index (χ2n) is 8.83. The summed E-state index contributed by atoms with van der Waals surface area (Å²) >= 11 is 6.20. The van der Waals surface area contributed by atoms with Crippen molar-refractivity contribution in [2.24, 2.45) is 0 Å². The standard InChI is InChI=1S/C23H32ClN5O2/c1-25-8-12-27(13-9-25)6-3-7-29-17-21(23(31)28-14-10-26(2)11-15-28)19-5-4-18(24)16-20(19)22(29)30/h4-5,16-17H,3,6-15H2,1-2H3. The number of rotatable bonds is 5. The first-order valence-electron chi connectivity index (χ1n) is 11.1. The molecule has 0 radical (unpaired) electrons. The molecule has 1 amide bonds. The Morgan fingerprint density at radius 2 is 1.55 bits per heavy atom. The van der Waals surface area contributed by atoms with Gasteiger partial charge in [0.25, 0.3) is 11.5 Å². The van der Waals surface area contributed by atoms with Crippen molar-refractivity contribution in [3.8, 4) is 0 Å². The fraction of sp³-hybridized carbons (Fsp3) is 0.565. The van der Waals surface area contributed by atoms with Gasteiger partial charge in [-0.05, 0) is 39.2 Å². The van der Waals surface area contributed by atoms with Gasteiger partial charge in [-0.15, -0.1) is 0 Å². The predicted molar refractivity (Wildman–Crippen MR) is 125 cm³/mol. The monoisotopic (exact) mass is 445 g/mol. The van der Waals surface area contributed by atoms with E-state index in [1.54, 1.807) is 29.0 Å². The van der Waals surface area contributed by atoms with Crippen LogP contribution in [0.4, 0.5) is 0 Å². The van der Waals surface area contributed by atoms with E-state index in [1.807, 2.05) is 4.90 Å². The smallest absolute Gasteiger partial charge is 0.258 e. The van der Waals surface area contributed by atoms with Gasteiger partial charge in [-0.3, -0.25) is 9.59 Å². The summed E-state index contributed by atoms with van der Waals surface area (Å²) in [6.45, 7) is 8.96. The maximum atomic E-state index is 13.4. The van der Waals surface area contributed by atoms with Gasteiger partial charge in [-0.2, -0.15) is 0 Å². The lowest BCUT2D eigenvalue weighted by Gasteiger charge is -2.33. The second-order valence-corrected chi connectivity index (χ2v) is 9.26. The third kappa shape index (κ3) is 5.12. The summed E-state index contributed by atoms with van der Waals surface area (Å²) in [5.41, 5.74) is 0.515.